The van der Waals surface area contributed by atoms with Crippen LogP contribution in [0.5, 0.6) is 0 Å². The molecule has 2 aliphatic rings. The molecule has 0 radical (unpaired) electrons. The minimum atomic E-state index is -0.161. The van der Waals surface area contributed by atoms with Crippen LogP contribution in [0.15, 0.2) is 36.5 Å². The lowest BCUT2D eigenvalue weighted by atomic mass is 9.72. The average Bonchev–Trinajstić information content (AvgIpc) is 3.00. The van der Waals surface area contributed by atoms with Gasteiger partial charge in [-0.15, -0.1) is 0 Å². The zero-order valence-electron chi connectivity index (χ0n) is 14.5. The summed E-state index contributed by atoms with van der Waals surface area (Å²) in [6, 6.07) is 11.4. The van der Waals surface area contributed by atoms with Crippen molar-refractivity contribution in [3.63, 3.8) is 0 Å². The zero-order chi connectivity index (χ0) is 17.0. The molecule has 0 saturated heterocycles. The highest BCUT2D eigenvalue weighted by atomic mass is 16.5. The van der Waals surface area contributed by atoms with Gasteiger partial charge in [0, 0.05) is 48.5 Å². The second kappa shape index (κ2) is 5.58. The number of rotatable bonds is 2. The van der Waals surface area contributed by atoms with Gasteiger partial charge < -0.3 is 9.72 Å². The molecule has 3 atom stereocenters. The van der Waals surface area contributed by atoms with Gasteiger partial charge in [0.15, 0.2) is 12.2 Å². The minimum absolute atomic E-state index is 0.161. The molecular formula is C21H23N2O2+. The van der Waals surface area contributed by atoms with Crippen LogP contribution in [-0.2, 0) is 16.0 Å². The summed E-state index contributed by atoms with van der Waals surface area (Å²) >= 11 is 0. The Bertz CT molecular complexity index is 975. The molecule has 0 spiro atoms. The summed E-state index contributed by atoms with van der Waals surface area (Å²) in [7, 11) is 0. The summed E-state index contributed by atoms with van der Waals surface area (Å²) in [4.78, 5) is 14.9. The maximum Gasteiger partial charge on any atom is 0.302 e. The molecule has 3 aromatic rings. The lowest BCUT2D eigenvalue weighted by Gasteiger charge is -2.37. The summed E-state index contributed by atoms with van der Waals surface area (Å²) in [5.74, 6) is 0.939. The number of carbonyl (C=O) groups excluding carboxylic acids is 1. The first-order chi connectivity index (χ1) is 12.2. The topological polar surface area (TPSA) is 46.0 Å². The molecule has 1 aliphatic carbocycles. The highest BCUT2D eigenvalue weighted by Gasteiger charge is 2.42. The molecule has 5 rings (SSSR count). The Balaban J connectivity index is 1.58. The van der Waals surface area contributed by atoms with Crippen LogP contribution in [-0.4, -0.2) is 17.6 Å². The lowest BCUT2D eigenvalue weighted by molar-refractivity contribution is -0.739. The summed E-state index contributed by atoms with van der Waals surface area (Å²) in [6.07, 6.45) is 6.87. The Labute approximate surface area is 146 Å². The second-order valence-corrected chi connectivity index (χ2v) is 7.62. The highest BCUT2D eigenvalue weighted by molar-refractivity contribution is 6.07. The third-order valence-corrected chi connectivity index (χ3v) is 6.21. The van der Waals surface area contributed by atoms with Crippen molar-refractivity contribution in [2.24, 2.45) is 11.8 Å². The van der Waals surface area contributed by atoms with Gasteiger partial charge in [0.25, 0.3) is 0 Å². The molecule has 3 heterocycles. The number of carbonyl (C=O) groups is 1. The van der Waals surface area contributed by atoms with Crippen molar-refractivity contribution in [3.8, 4) is 0 Å². The van der Waals surface area contributed by atoms with E-state index in [0.717, 1.165) is 12.8 Å². The van der Waals surface area contributed by atoms with E-state index in [4.69, 9.17) is 4.74 Å². The van der Waals surface area contributed by atoms with E-state index in [1.54, 1.807) is 0 Å². The number of H-pyrrole nitrogens is 1. The van der Waals surface area contributed by atoms with E-state index in [-0.39, 0.29) is 5.97 Å². The molecule has 2 aromatic heterocycles. The molecule has 1 aliphatic heterocycles. The van der Waals surface area contributed by atoms with Crippen molar-refractivity contribution in [3.05, 3.63) is 42.2 Å². The summed E-state index contributed by atoms with van der Waals surface area (Å²) in [5.41, 5.74) is 3.91. The van der Waals surface area contributed by atoms with Gasteiger partial charge in [-0.25, -0.2) is 0 Å². The molecule has 4 heteroatoms. The van der Waals surface area contributed by atoms with Crippen molar-refractivity contribution in [1.82, 2.24) is 4.98 Å². The van der Waals surface area contributed by atoms with E-state index >= 15 is 0 Å². The van der Waals surface area contributed by atoms with Crippen LogP contribution in [0.4, 0.5) is 0 Å². The van der Waals surface area contributed by atoms with Crippen molar-refractivity contribution in [2.75, 3.05) is 6.61 Å². The molecule has 1 N–H and O–H groups in total. The summed E-state index contributed by atoms with van der Waals surface area (Å²) in [5, 5.41) is 2.62. The average molecular weight is 335 g/mol. The lowest BCUT2D eigenvalue weighted by Crippen LogP contribution is -2.52. The Morgan fingerprint density at radius 1 is 1.24 bits per heavy atom. The van der Waals surface area contributed by atoms with Gasteiger partial charge >= 0.3 is 5.97 Å². The first-order valence-corrected chi connectivity index (χ1v) is 9.27. The molecule has 0 unspecified atom stereocenters. The van der Waals surface area contributed by atoms with Crippen LogP contribution in [0.25, 0.3) is 21.8 Å². The van der Waals surface area contributed by atoms with Gasteiger partial charge in [-0.3, -0.25) is 4.79 Å². The van der Waals surface area contributed by atoms with E-state index in [0.29, 0.717) is 24.5 Å². The SMILES string of the molecule is CC(=O)OC[C@@H]1CC[C@@H]2C[C@H]1Cc1c3[nH]c4ccccc4c3cc[n+]12. The third kappa shape index (κ3) is 2.35. The van der Waals surface area contributed by atoms with Gasteiger partial charge in [-0.05, 0) is 24.3 Å². The quantitative estimate of drug-likeness (QED) is 0.573. The maximum absolute atomic E-state index is 11.2. The number of nitrogens with one attached hydrogen (secondary N) is 1. The molecule has 0 amide bonds. The number of aromatic nitrogens is 2. The molecule has 128 valence electrons. The molecule has 1 fully saturated rings. The Kier molecular flexibility index (Phi) is 3.34. The van der Waals surface area contributed by atoms with Crippen LogP contribution in [0.1, 0.15) is 37.9 Å². The fourth-order valence-electron chi connectivity index (χ4n) is 4.98. The minimum Gasteiger partial charge on any atom is -0.466 e. The van der Waals surface area contributed by atoms with Crippen LogP contribution < -0.4 is 4.57 Å². The van der Waals surface area contributed by atoms with Gasteiger partial charge in [0.2, 0.25) is 5.69 Å². The number of esters is 1. The monoisotopic (exact) mass is 335 g/mol. The number of benzene rings is 1. The number of hydrogen-bond acceptors (Lipinski definition) is 2. The Hall–Kier alpha value is -2.36. The smallest absolute Gasteiger partial charge is 0.302 e. The number of para-hydroxylation sites is 1. The predicted octanol–water partition coefficient (Wildman–Crippen LogP) is 3.69. The van der Waals surface area contributed by atoms with Crippen molar-refractivity contribution in [1.29, 1.82) is 0 Å². The standard InChI is InChI=1S/C21H22N2O2/c1-13(24)25-12-14-6-7-16-10-15(14)11-20-21-18(8-9-23(16)20)17-4-2-3-5-19(17)22-21/h2-5,8-9,14-16H,6-7,10-12H2,1H3/p+1/t14-,15-,16+/m0/s1. The normalized spacial score (nSPS) is 25.1. The van der Waals surface area contributed by atoms with Gasteiger partial charge in [-0.2, -0.15) is 4.57 Å². The van der Waals surface area contributed by atoms with Gasteiger partial charge in [-0.1, -0.05) is 18.2 Å². The highest BCUT2D eigenvalue weighted by Crippen LogP contribution is 2.41. The van der Waals surface area contributed by atoms with Gasteiger partial charge in [0.05, 0.1) is 6.61 Å². The fourth-order valence-corrected chi connectivity index (χ4v) is 4.98. The maximum atomic E-state index is 11.2. The molecular weight excluding hydrogens is 312 g/mol. The van der Waals surface area contributed by atoms with Crippen LogP contribution >= 0.6 is 0 Å². The number of fused-ring (bicyclic) bond motifs is 8. The Morgan fingerprint density at radius 3 is 3.00 bits per heavy atom. The first kappa shape index (κ1) is 14.9. The third-order valence-electron chi connectivity index (χ3n) is 6.21. The summed E-state index contributed by atoms with van der Waals surface area (Å²) < 4.78 is 7.84. The number of pyridine rings is 1. The fraction of sp³-hybridized carbons (Fsp3) is 0.429. The largest absolute Gasteiger partial charge is 0.466 e. The molecule has 1 saturated carbocycles. The molecule has 1 aromatic carbocycles. The molecule has 4 nitrogen and oxygen atoms in total. The summed E-state index contributed by atoms with van der Waals surface area (Å²) in [6.45, 7) is 2.08. The van der Waals surface area contributed by atoms with E-state index < -0.39 is 0 Å². The van der Waals surface area contributed by atoms with Crippen molar-refractivity contribution >= 4 is 27.8 Å². The van der Waals surface area contributed by atoms with E-state index in [1.165, 1.54) is 47.3 Å². The number of ether oxygens (including phenoxy) is 1. The molecule has 25 heavy (non-hydrogen) atoms. The van der Waals surface area contributed by atoms with Gasteiger partial charge in [0.1, 0.15) is 5.52 Å². The van der Waals surface area contributed by atoms with Crippen molar-refractivity contribution < 1.29 is 14.1 Å². The second-order valence-electron chi connectivity index (χ2n) is 7.62. The number of nitrogens with zero attached hydrogens (tertiary/aromatic N) is 1. The van der Waals surface area contributed by atoms with E-state index in [1.807, 2.05) is 0 Å². The van der Waals surface area contributed by atoms with Crippen LogP contribution in [0, 0.1) is 11.8 Å². The van der Waals surface area contributed by atoms with E-state index in [9.17, 15) is 4.79 Å². The van der Waals surface area contributed by atoms with Crippen LogP contribution in [0.2, 0.25) is 0 Å². The predicted molar refractivity (Wildman–Crippen MR) is 96.2 cm³/mol. The van der Waals surface area contributed by atoms with Crippen molar-refractivity contribution in [2.45, 2.75) is 38.6 Å². The first-order valence-electron chi connectivity index (χ1n) is 9.27. The Morgan fingerprint density at radius 2 is 2.12 bits per heavy atom. The number of aromatic amines is 1. The zero-order valence-corrected chi connectivity index (χ0v) is 14.5. The molecule has 2 bridgehead atoms. The van der Waals surface area contributed by atoms with Crippen LogP contribution in [0.3, 0.4) is 0 Å². The van der Waals surface area contributed by atoms with E-state index in [2.05, 4.69) is 46.1 Å². The number of hydrogen-bond donors (Lipinski definition) is 1.